The van der Waals surface area contributed by atoms with E-state index in [2.05, 4.69) is 35.4 Å². The molecule has 0 aliphatic rings. The predicted octanol–water partition coefficient (Wildman–Crippen LogP) is 6.06. The Morgan fingerprint density at radius 1 is 1.21 bits per heavy atom. The summed E-state index contributed by atoms with van der Waals surface area (Å²) in [6.07, 6.45) is 8.54. The van der Waals surface area contributed by atoms with Crippen molar-refractivity contribution >= 4 is 12.6 Å². The second-order valence-electron chi connectivity index (χ2n) is 6.54. The monoisotopic (exact) mass is 343 g/mol. The van der Waals surface area contributed by atoms with Crippen molar-refractivity contribution in [3.63, 3.8) is 0 Å². The Balaban J connectivity index is 5.10. The van der Waals surface area contributed by atoms with E-state index in [4.69, 9.17) is 0 Å². The van der Waals surface area contributed by atoms with Crippen molar-refractivity contribution in [3.8, 4) is 0 Å². The minimum atomic E-state index is -2.60. The summed E-state index contributed by atoms with van der Waals surface area (Å²) >= 11 is 0. The number of allylic oxidation sites excluding steroid dienone is 1. The third-order valence-corrected chi connectivity index (χ3v) is 4.07. The number of aliphatic imine (C=N–C) groups is 2. The van der Waals surface area contributed by atoms with Crippen LogP contribution in [0.15, 0.2) is 21.9 Å². The van der Waals surface area contributed by atoms with Crippen LogP contribution in [0.1, 0.15) is 79.1 Å². The van der Waals surface area contributed by atoms with Crippen molar-refractivity contribution in [2.75, 3.05) is 7.05 Å². The molecule has 5 heteroatoms. The molecule has 0 aromatic carbocycles. The molecular formula is C19H35F2N3. The first-order valence-electron chi connectivity index (χ1n) is 9.08. The molecule has 24 heavy (non-hydrogen) atoms. The molecule has 0 rings (SSSR count). The maximum Gasteiger partial charge on any atom is 0.245 e. The molecule has 0 heterocycles. The molecule has 0 amide bonds. The molecule has 1 unspecified atom stereocenters. The maximum absolute atomic E-state index is 13.0. The number of halogens is 2. The van der Waals surface area contributed by atoms with Gasteiger partial charge in [0.25, 0.3) is 0 Å². The van der Waals surface area contributed by atoms with Gasteiger partial charge in [-0.25, -0.2) is 18.8 Å². The lowest BCUT2D eigenvalue weighted by atomic mass is 10.0. The molecular weight excluding hydrogens is 308 g/mol. The third-order valence-electron chi connectivity index (χ3n) is 4.07. The summed E-state index contributed by atoms with van der Waals surface area (Å²) in [7, 11) is 2.04. The molecule has 0 saturated heterocycles. The Hall–Kier alpha value is -1.26. The molecule has 0 spiro atoms. The Labute approximate surface area is 147 Å². The molecule has 1 atom stereocenters. The summed E-state index contributed by atoms with van der Waals surface area (Å²) in [6, 6.07) is 0.412. The maximum atomic E-state index is 13.0. The van der Waals surface area contributed by atoms with Crippen LogP contribution in [0, 0.1) is 0 Å². The van der Waals surface area contributed by atoms with Gasteiger partial charge in [-0.3, -0.25) is 0 Å². The van der Waals surface area contributed by atoms with Gasteiger partial charge in [-0.2, -0.15) is 0 Å². The lowest BCUT2D eigenvalue weighted by Crippen LogP contribution is -2.30. The number of amidine groups is 1. The van der Waals surface area contributed by atoms with Crippen LogP contribution in [0.25, 0.3) is 0 Å². The second-order valence-corrected chi connectivity index (χ2v) is 6.54. The molecule has 0 radical (unpaired) electrons. The number of rotatable bonds is 12. The van der Waals surface area contributed by atoms with Gasteiger partial charge in [0.05, 0.1) is 0 Å². The fourth-order valence-corrected chi connectivity index (χ4v) is 2.60. The highest BCUT2D eigenvalue weighted by Crippen LogP contribution is 2.22. The topological polar surface area (TPSA) is 28.0 Å². The van der Waals surface area contributed by atoms with Gasteiger partial charge < -0.3 is 4.90 Å². The number of unbranched alkanes of at least 4 members (excludes halogenated alkanes) is 2. The molecule has 3 nitrogen and oxygen atoms in total. The summed E-state index contributed by atoms with van der Waals surface area (Å²) in [5, 5.41) is 0. The van der Waals surface area contributed by atoms with Crippen molar-refractivity contribution in [1.29, 1.82) is 0 Å². The Morgan fingerprint density at radius 2 is 1.88 bits per heavy atom. The van der Waals surface area contributed by atoms with Gasteiger partial charge in [-0.05, 0) is 52.3 Å². The molecule has 140 valence electrons. The first-order chi connectivity index (χ1) is 11.2. The number of hydrogen-bond donors (Lipinski definition) is 0. The standard InChI is InChI=1S/C19H35F2N3/c1-7-9-13-17(12-8-2)24(6)18(23-16(3)22-5)14-10-11-15-19(4,20)21/h14,17H,5,7-13,15H2,1-4,6H3/b18-14-,23-16-. The van der Waals surface area contributed by atoms with Crippen LogP contribution in [0.2, 0.25) is 0 Å². The fourth-order valence-electron chi connectivity index (χ4n) is 2.60. The van der Waals surface area contributed by atoms with Gasteiger partial charge in [-0.1, -0.05) is 33.1 Å². The number of hydrogen-bond acceptors (Lipinski definition) is 2. The third kappa shape index (κ3) is 10.5. The smallest absolute Gasteiger partial charge is 0.245 e. The minimum Gasteiger partial charge on any atom is -0.357 e. The van der Waals surface area contributed by atoms with E-state index in [9.17, 15) is 8.78 Å². The number of alkyl halides is 2. The highest BCUT2D eigenvalue weighted by molar-refractivity contribution is 5.84. The number of nitrogens with zero attached hydrogens (tertiary/aromatic N) is 3. The minimum absolute atomic E-state index is 0.100. The first-order valence-corrected chi connectivity index (χ1v) is 9.08. The van der Waals surface area contributed by atoms with Gasteiger partial charge in [0.15, 0.2) is 0 Å². The Bertz CT molecular complexity index is 411. The van der Waals surface area contributed by atoms with Gasteiger partial charge in [-0.15, -0.1) is 0 Å². The summed E-state index contributed by atoms with van der Waals surface area (Å²) in [4.78, 5) is 10.6. The molecule has 0 fully saturated rings. The van der Waals surface area contributed by atoms with Gasteiger partial charge in [0.2, 0.25) is 5.92 Å². The normalized spacial score (nSPS) is 14.6. The molecule has 0 aromatic heterocycles. The van der Waals surface area contributed by atoms with E-state index in [0.717, 1.165) is 38.4 Å². The van der Waals surface area contributed by atoms with E-state index < -0.39 is 5.92 Å². The van der Waals surface area contributed by atoms with Crippen molar-refractivity contribution in [2.24, 2.45) is 9.98 Å². The lowest BCUT2D eigenvalue weighted by molar-refractivity contribution is 0.0112. The van der Waals surface area contributed by atoms with Crippen LogP contribution >= 0.6 is 0 Å². The fraction of sp³-hybridized carbons (Fsp3) is 0.789. The van der Waals surface area contributed by atoms with E-state index >= 15 is 0 Å². The molecule has 0 N–H and O–H groups in total. The Kier molecular flexibility index (Phi) is 11.5. The van der Waals surface area contributed by atoms with E-state index in [-0.39, 0.29) is 6.42 Å². The van der Waals surface area contributed by atoms with Gasteiger partial charge in [0, 0.05) is 19.5 Å². The van der Waals surface area contributed by atoms with Gasteiger partial charge in [0.1, 0.15) is 11.7 Å². The first kappa shape index (κ1) is 22.7. The Morgan fingerprint density at radius 3 is 2.38 bits per heavy atom. The van der Waals surface area contributed by atoms with Crippen LogP contribution in [0.5, 0.6) is 0 Å². The van der Waals surface area contributed by atoms with Gasteiger partial charge >= 0.3 is 0 Å². The van der Waals surface area contributed by atoms with Crippen molar-refractivity contribution < 1.29 is 8.78 Å². The van der Waals surface area contributed by atoms with Crippen LogP contribution in [-0.4, -0.2) is 36.5 Å². The summed E-state index contributed by atoms with van der Waals surface area (Å²) < 4.78 is 25.9. The summed E-state index contributed by atoms with van der Waals surface area (Å²) in [5.41, 5.74) is 0. The van der Waals surface area contributed by atoms with Crippen LogP contribution in [0.3, 0.4) is 0 Å². The molecule has 0 aromatic rings. The SMILES string of the molecule is C=N/C(C)=N\C(=C\CCCC(C)(F)F)N(C)C(CCC)CCCC. The molecule has 0 aliphatic heterocycles. The van der Waals surface area contributed by atoms with Crippen LogP contribution in [-0.2, 0) is 0 Å². The zero-order valence-corrected chi connectivity index (χ0v) is 16.1. The second kappa shape index (κ2) is 12.2. The largest absolute Gasteiger partial charge is 0.357 e. The van der Waals surface area contributed by atoms with E-state index in [1.165, 1.54) is 6.42 Å². The van der Waals surface area contributed by atoms with Crippen molar-refractivity contribution in [2.45, 2.75) is 91.0 Å². The van der Waals surface area contributed by atoms with Crippen molar-refractivity contribution in [1.82, 2.24) is 4.90 Å². The summed E-state index contributed by atoms with van der Waals surface area (Å²) in [5.74, 6) is -1.19. The van der Waals surface area contributed by atoms with E-state index in [1.807, 2.05) is 13.1 Å². The van der Waals surface area contributed by atoms with Crippen LogP contribution < -0.4 is 0 Å². The predicted molar refractivity (Wildman–Crippen MR) is 101 cm³/mol. The molecule has 0 saturated carbocycles. The average Bonchev–Trinajstić information content (AvgIpc) is 2.52. The summed E-state index contributed by atoms with van der Waals surface area (Å²) in [6.45, 7) is 10.6. The van der Waals surface area contributed by atoms with Crippen LogP contribution in [0.4, 0.5) is 8.78 Å². The van der Waals surface area contributed by atoms with E-state index in [0.29, 0.717) is 24.7 Å². The van der Waals surface area contributed by atoms with Crippen molar-refractivity contribution in [3.05, 3.63) is 11.9 Å². The highest BCUT2D eigenvalue weighted by Gasteiger charge is 2.20. The lowest BCUT2D eigenvalue weighted by Gasteiger charge is -2.30. The molecule has 0 bridgehead atoms. The highest BCUT2D eigenvalue weighted by atomic mass is 19.3. The van der Waals surface area contributed by atoms with E-state index in [1.54, 1.807) is 6.92 Å². The zero-order chi connectivity index (χ0) is 18.6. The molecule has 0 aliphatic carbocycles. The average molecular weight is 344 g/mol. The quantitative estimate of drug-likeness (QED) is 0.240. The zero-order valence-electron chi connectivity index (χ0n) is 16.1.